The highest BCUT2D eigenvalue weighted by Crippen LogP contribution is 2.46. The summed E-state index contributed by atoms with van der Waals surface area (Å²) in [5.41, 5.74) is 15.5. The lowest BCUT2D eigenvalue weighted by atomic mass is 9.90. The lowest BCUT2D eigenvalue weighted by molar-refractivity contribution is 0.669. The van der Waals surface area contributed by atoms with Crippen LogP contribution in [0.5, 0.6) is 0 Å². The van der Waals surface area contributed by atoms with Gasteiger partial charge in [0.05, 0.1) is 16.7 Å². The number of aromatic nitrogens is 1. The number of hydrogen-bond donors (Lipinski definition) is 0. The Morgan fingerprint density at radius 2 is 0.951 bits per heavy atom. The van der Waals surface area contributed by atoms with Crippen LogP contribution in [0, 0.1) is 0 Å². The number of anilines is 3. The average Bonchev–Trinajstić information content (AvgIpc) is 3.88. The molecule has 10 aromatic carbocycles. The van der Waals surface area contributed by atoms with Crippen LogP contribution < -0.4 is 4.90 Å². The normalized spacial score (nSPS) is 11.6. The van der Waals surface area contributed by atoms with Gasteiger partial charge in [-0.25, -0.2) is 0 Å². The molecule has 0 saturated carbocycles. The SMILES string of the molecule is c1ccc(-c2cccc3cccc(-c4ccccc4N(c4ccc(-c5cccc6c7ccccc7n(-c7ccccc7)c56)cc4)c4ccc5c(c4)oc4ccccc45)c23)cc1. The predicted octanol–water partition coefficient (Wildman–Crippen LogP) is 16.3. The summed E-state index contributed by atoms with van der Waals surface area (Å²) in [5, 5.41) is 7.13. The van der Waals surface area contributed by atoms with Gasteiger partial charge >= 0.3 is 0 Å². The van der Waals surface area contributed by atoms with Gasteiger partial charge in [-0.15, -0.1) is 0 Å². The Labute approximate surface area is 353 Å². The second-order valence-corrected chi connectivity index (χ2v) is 15.6. The Kier molecular flexibility index (Phi) is 8.17. The molecule has 0 N–H and O–H groups in total. The molecule has 0 amide bonds. The maximum absolute atomic E-state index is 6.51. The number of furan rings is 1. The average molecular weight is 779 g/mol. The van der Waals surface area contributed by atoms with E-state index in [0.717, 1.165) is 55.8 Å². The van der Waals surface area contributed by atoms with Crippen molar-refractivity contribution in [1.82, 2.24) is 4.57 Å². The van der Waals surface area contributed by atoms with Crippen LogP contribution in [-0.2, 0) is 0 Å². The molecule has 0 radical (unpaired) electrons. The van der Waals surface area contributed by atoms with E-state index in [1.54, 1.807) is 0 Å². The van der Waals surface area contributed by atoms with E-state index in [0.29, 0.717) is 0 Å². The van der Waals surface area contributed by atoms with Gasteiger partial charge in [0.2, 0.25) is 0 Å². The summed E-state index contributed by atoms with van der Waals surface area (Å²) < 4.78 is 8.92. The van der Waals surface area contributed by atoms with Crippen molar-refractivity contribution in [3.63, 3.8) is 0 Å². The molecule has 61 heavy (non-hydrogen) atoms. The van der Waals surface area contributed by atoms with E-state index in [4.69, 9.17) is 4.42 Å². The third kappa shape index (κ3) is 5.74. The third-order valence-electron chi connectivity index (χ3n) is 12.2. The van der Waals surface area contributed by atoms with Crippen LogP contribution >= 0.6 is 0 Å². The molecule has 0 spiro atoms. The fourth-order valence-corrected chi connectivity index (χ4v) is 9.49. The van der Waals surface area contributed by atoms with E-state index < -0.39 is 0 Å². The van der Waals surface area contributed by atoms with Crippen molar-refractivity contribution in [2.45, 2.75) is 0 Å². The van der Waals surface area contributed by atoms with Crippen LogP contribution in [0.2, 0.25) is 0 Å². The largest absolute Gasteiger partial charge is 0.456 e. The molecular formula is C58H38N2O. The molecule has 0 fully saturated rings. The Morgan fingerprint density at radius 3 is 1.79 bits per heavy atom. The molecule has 0 saturated heterocycles. The lowest BCUT2D eigenvalue weighted by Gasteiger charge is -2.28. The minimum absolute atomic E-state index is 0.856. The molecular weight excluding hydrogens is 741 g/mol. The fraction of sp³-hybridized carbons (Fsp3) is 0. The predicted molar refractivity (Wildman–Crippen MR) is 257 cm³/mol. The van der Waals surface area contributed by atoms with Crippen molar-refractivity contribution in [3.8, 4) is 39.1 Å². The maximum atomic E-state index is 6.51. The van der Waals surface area contributed by atoms with Crippen LogP contribution in [0.1, 0.15) is 0 Å². The molecule has 12 rings (SSSR count). The first kappa shape index (κ1) is 34.9. The van der Waals surface area contributed by atoms with E-state index in [1.807, 2.05) is 12.1 Å². The van der Waals surface area contributed by atoms with E-state index in [1.165, 1.54) is 54.8 Å². The van der Waals surface area contributed by atoms with E-state index in [-0.39, 0.29) is 0 Å². The molecule has 0 aliphatic heterocycles. The summed E-state index contributed by atoms with van der Waals surface area (Å²) in [6.07, 6.45) is 0. The van der Waals surface area contributed by atoms with Crippen molar-refractivity contribution in [2.24, 2.45) is 0 Å². The summed E-state index contributed by atoms with van der Waals surface area (Å²) in [5.74, 6) is 0. The maximum Gasteiger partial charge on any atom is 0.137 e. The van der Waals surface area contributed by atoms with Crippen LogP contribution in [0.25, 0.3) is 93.6 Å². The van der Waals surface area contributed by atoms with Gasteiger partial charge in [0.1, 0.15) is 11.2 Å². The highest BCUT2D eigenvalue weighted by molar-refractivity contribution is 6.14. The minimum atomic E-state index is 0.856. The van der Waals surface area contributed by atoms with Gasteiger partial charge in [0, 0.05) is 55.8 Å². The van der Waals surface area contributed by atoms with Crippen molar-refractivity contribution >= 4 is 71.6 Å². The Hall–Kier alpha value is -8.14. The molecule has 3 heteroatoms. The molecule has 2 aromatic heterocycles. The highest BCUT2D eigenvalue weighted by atomic mass is 16.3. The monoisotopic (exact) mass is 778 g/mol. The first-order valence-electron chi connectivity index (χ1n) is 20.8. The van der Waals surface area contributed by atoms with E-state index in [2.05, 4.69) is 228 Å². The molecule has 0 aliphatic carbocycles. The summed E-state index contributed by atoms with van der Waals surface area (Å²) >= 11 is 0. The molecule has 0 unspecified atom stereocenters. The number of hydrogen-bond acceptors (Lipinski definition) is 2. The van der Waals surface area contributed by atoms with Crippen molar-refractivity contribution < 1.29 is 4.42 Å². The van der Waals surface area contributed by atoms with Gasteiger partial charge in [-0.2, -0.15) is 0 Å². The summed E-state index contributed by atoms with van der Waals surface area (Å²) in [4.78, 5) is 2.39. The quantitative estimate of drug-likeness (QED) is 0.161. The molecule has 3 nitrogen and oxygen atoms in total. The van der Waals surface area contributed by atoms with Gasteiger partial charge < -0.3 is 13.9 Å². The van der Waals surface area contributed by atoms with Crippen molar-refractivity contribution in [2.75, 3.05) is 4.90 Å². The van der Waals surface area contributed by atoms with Crippen molar-refractivity contribution in [1.29, 1.82) is 0 Å². The molecule has 12 aromatic rings. The summed E-state index contributed by atoms with van der Waals surface area (Å²) in [6.45, 7) is 0. The smallest absolute Gasteiger partial charge is 0.137 e. The Morgan fingerprint density at radius 1 is 0.361 bits per heavy atom. The second kappa shape index (κ2) is 14.3. The highest BCUT2D eigenvalue weighted by Gasteiger charge is 2.22. The van der Waals surface area contributed by atoms with Gasteiger partial charge in [-0.3, -0.25) is 0 Å². The number of fused-ring (bicyclic) bond motifs is 7. The topological polar surface area (TPSA) is 21.3 Å². The molecule has 286 valence electrons. The van der Waals surface area contributed by atoms with Gasteiger partial charge in [-0.05, 0) is 87.6 Å². The first-order chi connectivity index (χ1) is 30.3. The van der Waals surface area contributed by atoms with Crippen LogP contribution in [0.4, 0.5) is 17.1 Å². The van der Waals surface area contributed by atoms with E-state index >= 15 is 0 Å². The molecule has 0 bridgehead atoms. The minimum Gasteiger partial charge on any atom is -0.456 e. The summed E-state index contributed by atoms with van der Waals surface area (Å²) in [7, 11) is 0. The number of nitrogens with zero attached hydrogens (tertiary/aromatic N) is 2. The molecule has 0 atom stereocenters. The zero-order valence-electron chi connectivity index (χ0n) is 33.2. The lowest BCUT2D eigenvalue weighted by Crippen LogP contribution is -2.11. The number of benzene rings is 10. The second-order valence-electron chi connectivity index (χ2n) is 15.6. The zero-order valence-corrected chi connectivity index (χ0v) is 33.2. The standard InChI is InChI=1S/C58H38N2O/c1-3-16-39(17-4-1)45-25-13-18-41-19-14-27-51(57(41)45)47-22-7-10-29-53(47)59(44-36-37-50-49-24-9-12-31-55(49)61-56(50)38-44)43-34-32-40(33-35-43)46-26-15-28-52-48-23-8-11-30-54(48)60(58(46)52)42-20-5-2-6-21-42/h1-38H. The first-order valence-corrected chi connectivity index (χ1v) is 20.8. The van der Waals surface area contributed by atoms with Crippen LogP contribution in [0.3, 0.4) is 0 Å². The molecule has 0 aliphatic rings. The zero-order chi connectivity index (χ0) is 40.3. The third-order valence-corrected chi connectivity index (χ3v) is 12.2. The van der Waals surface area contributed by atoms with Gasteiger partial charge in [-0.1, -0.05) is 170 Å². The van der Waals surface area contributed by atoms with Crippen LogP contribution in [0.15, 0.2) is 235 Å². The number of rotatable bonds is 7. The Bertz CT molecular complexity index is 3580. The summed E-state index contributed by atoms with van der Waals surface area (Å²) in [6, 6.07) is 82.9. The number of para-hydroxylation sites is 5. The van der Waals surface area contributed by atoms with E-state index in [9.17, 15) is 0 Å². The van der Waals surface area contributed by atoms with Crippen molar-refractivity contribution in [3.05, 3.63) is 231 Å². The Balaban J connectivity index is 1.07. The molecule has 2 heterocycles. The fourth-order valence-electron chi connectivity index (χ4n) is 9.49. The van der Waals surface area contributed by atoms with Gasteiger partial charge in [0.25, 0.3) is 0 Å². The van der Waals surface area contributed by atoms with Crippen LogP contribution in [-0.4, -0.2) is 4.57 Å². The van der Waals surface area contributed by atoms with Gasteiger partial charge in [0.15, 0.2) is 0 Å².